The van der Waals surface area contributed by atoms with Crippen LogP contribution in [0.1, 0.15) is 48.1 Å². The van der Waals surface area contributed by atoms with E-state index in [9.17, 15) is 5.11 Å². The van der Waals surface area contributed by atoms with Crippen molar-refractivity contribution in [2.45, 2.75) is 38.8 Å². The zero-order valence-electron chi connectivity index (χ0n) is 13.1. The molecule has 1 aromatic heterocycles. The van der Waals surface area contributed by atoms with Crippen LogP contribution in [0.3, 0.4) is 0 Å². The number of aryl methyl sites for hydroxylation is 1. The van der Waals surface area contributed by atoms with E-state index in [4.69, 9.17) is 9.15 Å². The van der Waals surface area contributed by atoms with Gasteiger partial charge in [-0.2, -0.15) is 0 Å². The number of hydrogen-bond acceptors (Lipinski definition) is 4. The highest BCUT2D eigenvalue weighted by Crippen LogP contribution is 2.29. The summed E-state index contributed by atoms with van der Waals surface area (Å²) >= 11 is 0. The van der Waals surface area contributed by atoms with Crippen molar-refractivity contribution in [3.05, 3.63) is 53.0 Å². The number of rotatable bonds is 6. The molecule has 4 nitrogen and oxygen atoms in total. The van der Waals surface area contributed by atoms with Crippen LogP contribution in [0.4, 0.5) is 0 Å². The molecular weight excluding hydrogens is 278 g/mol. The first kappa shape index (κ1) is 15.1. The molecule has 3 rings (SSSR count). The Balaban J connectivity index is 1.64. The molecule has 4 heteroatoms. The third-order valence-corrected chi connectivity index (χ3v) is 4.17. The maximum atomic E-state index is 10.2. The molecule has 0 radical (unpaired) electrons. The van der Waals surface area contributed by atoms with Crippen molar-refractivity contribution in [1.29, 1.82) is 0 Å². The molecule has 2 heterocycles. The van der Waals surface area contributed by atoms with Crippen LogP contribution in [0.25, 0.3) is 0 Å². The summed E-state index contributed by atoms with van der Waals surface area (Å²) in [6, 6.07) is 10.3. The lowest BCUT2D eigenvalue weighted by Gasteiger charge is -2.20. The minimum Gasteiger partial charge on any atom is -0.493 e. The molecular formula is C18H23NO3. The van der Waals surface area contributed by atoms with Crippen LogP contribution < -0.4 is 10.1 Å². The van der Waals surface area contributed by atoms with E-state index in [1.54, 1.807) is 0 Å². The van der Waals surface area contributed by atoms with Crippen LogP contribution in [-0.2, 0) is 6.42 Å². The second kappa shape index (κ2) is 6.55. The highest BCUT2D eigenvalue weighted by atomic mass is 16.5. The number of ether oxygens (including phenoxy) is 1. The average Bonchev–Trinajstić information content (AvgIpc) is 3.15. The maximum absolute atomic E-state index is 10.2. The average molecular weight is 301 g/mol. The number of hydrogen-bond donors (Lipinski definition) is 2. The third-order valence-electron chi connectivity index (χ3n) is 4.17. The van der Waals surface area contributed by atoms with Gasteiger partial charge in [0, 0.05) is 19.0 Å². The van der Waals surface area contributed by atoms with E-state index in [1.165, 1.54) is 11.1 Å². The smallest absolute Gasteiger partial charge is 0.133 e. The van der Waals surface area contributed by atoms with Gasteiger partial charge in [0.2, 0.25) is 0 Å². The van der Waals surface area contributed by atoms with E-state index in [-0.39, 0.29) is 6.04 Å². The molecule has 1 aliphatic heterocycles. The molecule has 0 bridgehead atoms. The van der Waals surface area contributed by atoms with Gasteiger partial charge in [-0.15, -0.1) is 0 Å². The molecule has 0 spiro atoms. The second-order valence-electron chi connectivity index (χ2n) is 5.80. The molecule has 2 aromatic rings. The third kappa shape index (κ3) is 3.18. The Kier molecular flexibility index (Phi) is 4.50. The van der Waals surface area contributed by atoms with Crippen LogP contribution in [0.15, 0.2) is 34.7 Å². The number of aliphatic hydroxyl groups is 1. The summed E-state index contributed by atoms with van der Waals surface area (Å²) in [5.74, 6) is 2.44. The Morgan fingerprint density at radius 1 is 1.27 bits per heavy atom. The highest BCUT2D eigenvalue weighted by Gasteiger charge is 2.18. The minimum absolute atomic E-state index is 0.219. The van der Waals surface area contributed by atoms with Crippen LogP contribution in [0, 0.1) is 6.92 Å². The second-order valence-corrected chi connectivity index (χ2v) is 5.80. The summed E-state index contributed by atoms with van der Waals surface area (Å²) in [4.78, 5) is 0. The van der Waals surface area contributed by atoms with Gasteiger partial charge in [0.15, 0.2) is 0 Å². The molecule has 1 aromatic carbocycles. The number of aliphatic hydroxyl groups excluding tert-OH is 1. The van der Waals surface area contributed by atoms with Crippen LogP contribution >= 0.6 is 0 Å². The molecule has 0 saturated carbocycles. The summed E-state index contributed by atoms with van der Waals surface area (Å²) in [5.41, 5.74) is 2.52. The first-order valence-electron chi connectivity index (χ1n) is 7.90. The SMILES string of the molecule is CCC(NCC(O)c1ccc(C)o1)c1ccc2c(c1)CCO2. The largest absolute Gasteiger partial charge is 0.493 e. The van der Waals surface area contributed by atoms with Crippen molar-refractivity contribution in [3.8, 4) is 5.75 Å². The number of fused-ring (bicyclic) bond motifs is 1. The molecule has 0 fully saturated rings. The fraction of sp³-hybridized carbons (Fsp3) is 0.444. The van der Waals surface area contributed by atoms with Gasteiger partial charge in [0.05, 0.1) is 6.61 Å². The number of furan rings is 1. The van der Waals surface area contributed by atoms with E-state index in [0.717, 1.165) is 31.0 Å². The van der Waals surface area contributed by atoms with Crippen molar-refractivity contribution in [3.63, 3.8) is 0 Å². The Morgan fingerprint density at radius 3 is 2.86 bits per heavy atom. The summed E-state index contributed by atoms with van der Waals surface area (Å²) in [7, 11) is 0. The van der Waals surface area contributed by atoms with Gasteiger partial charge in [0.25, 0.3) is 0 Å². The van der Waals surface area contributed by atoms with Crippen LogP contribution in [0.5, 0.6) is 5.75 Å². The van der Waals surface area contributed by atoms with Crippen LogP contribution in [0.2, 0.25) is 0 Å². The molecule has 0 aliphatic carbocycles. The summed E-state index contributed by atoms with van der Waals surface area (Å²) in [5, 5.41) is 13.6. The van der Waals surface area contributed by atoms with E-state index in [1.807, 2.05) is 25.1 Å². The molecule has 22 heavy (non-hydrogen) atoms. The van der Waals surface area contributed by atoms with Crippen molar-refractivity contribution >= 4 is 0 Å². The van der Waals surface area contributed by atoms with Crippen molar-refractivity contribution < 1.29 is 14.3 Å². The minimum atomic E-state index is -0.625. The summed E-state index contributed by atoms with van der Waals surface area (Å²) in [6.45, 7) is 5.27. The van der Waals surface area contributed by atoms with Gasteiger partial charge in [-0.05, 0) is 42.7 Å². The fourth-order valence-electron chi connectivity index (χ4n) is 2.91. The van der Waals surface area contributed by atoms with Crippen molar-refractivity contribution in [2.75, 3.05) is 13.2 Å². The van der Waals surface area contributed by atoms with E-state index >= 15 is 0 Å². The molecule has 2 unspecified atom stereocenters. The number of benzene rings is 1. The molecule has 1 aliphatic rings. The Labute approximate surface area is 131 Å². The predicted octanol–water partition coefficient (Wildman–Crippen LogP) is 3.30. The monoisotopic (exact) mass is 301 g/mol. The molecule has 2 N–H and O–H groups in total. The first-order chi connectivity index (χ1) is 10.7. The zero-order chi connectivity index (χ0) is 15.5. The molecule has 0 saturated heterocycles. The first-order valence-corrected chi connectivity index (χ1v) is 7.90. The van der Waals surface area contributed by atoms with Crippen LogP contribution in [-0.4, -0.2) is 18.3 Å². The maximum Gasteiger partial charge on any atom is 0.133 e. The van der Waals surface area contributed by atoms with E-state index in [0.29, 0.717) is 12.3 Å². The molecule has 0 amide bonds. The normalized spacial score (nSPS) is 16.1. The Bertz CT molecular complexity index is 635. The van der Waals surface area contributed by atoms with Crippen molar-refractivity contribution in [1.82, 2.24) is 5.32 Å². The van der Waals surface area contributed by atoms with Crippen molar-refractivity contribution in [2.24, 2.45) is 0 Å². The Morgan fingerprint density at radius 2 is 2.14 bits per heavy atom. The van der Waals surface area contributed by atoms with Gasteiger partial charge < -0.3 is 19.6 Å². The van der Waals surface area contributed by atoms with Gasteiger partial charge in [-0.1, -0.05) is 19.1 Å². The summed E-state index contributed by atoms with van der Waals surface area (Å²) in [6.07, 6.45) is 1.32. The lowest BCUT2D eigenvalue weighted by molar-refractivity contribution is 0.142. The van der Waals surface area contributed by atoms with Gasteiger partial charge in [0.1, 0.15) is 23.4 Å². The quantitative estimate of drug-likeness (QED) is 0.859. The molecule has 2 atom stereocenters. The Hall–Kier alpha value is -1.78. The standard InChI is InChI=1S/C18H23NO3/c1-3-15(13-5-7-17-14(10-13)8-9-21-17)19-11-16(20)18-6-4-12(2)22-18/h4-7,10,15-16,19-20H,3,8-9,11H2,1-2H3. The zero-order valence-corrected chi connectivity index (χ0v) is 13.1. The van der Waals surface area contributed by atoms with Gasteiger partial charge in [-0.25, -0.2) is 0 Å². The van der Waals surface area contributed by atoms with E-state index < -0.39 is 6.10 Å². The predicted molar refractivity (Wildman–Crippen MR) is 85.1 cm³/mol. The number of nitrogens with one attached hydrogen (secondary N) is 1. The molecule has 118 valence electrons. The lowest BCUT2D eigenvalue weighted by atomic mass is 10.0. The van der Waals surface area contributed by atoms with E-state index in [2.05, 4.69) is 24.4 Å². The highest BCUT2D eigenvalue weighted by molar-refractivity contribution is 5.40. The van der Waals surface area contributed by atoms with Gasteiger partial charge in [-0.3, -0.25) is 0 Å². The summed E-state index contributed by atoms with van der Waals surface area (Å²) < 4.78 is 11.0. The fourth-order valence-corrected chi connectivity index (χ4v) is 2.91. The topological polar surface area (TPSA) is 54.6 Å². The van der Waals surface area contributed by atoms with Gasteiger partial charge >= 0.3 is 0 Å². The lowest BCUT2D eigenvalue weighted by Crippen LogP contribution is -2.26.